The van der Waals surface area contributed by atoms with Crippen molar-refractivity contribution in [1.29, 1.82) is 0 Å². The number of rotatable bonds is 9. The Morgan fingerprint density at radius 2 is 2.00 bits per heavy atom. The maximum Gasteiger partial charge on any atom is 0.0625 e. The van der Waals surface area contributed by atoms with Gasteiger partial charge in [0, 0.05) is 13.1 Å². The molecule has 3 heteroatoms. The third-order valence-corrected chi connectivity index (χ3v) is 3.42. The van der Waals surface area contributed by atoms with Crippen molar-refractivity contribution in [3.05, 3.63) is 17.5 Å². The second-order valence-corrected chi connectivity index (χ2v) is 5.04. The van der Waals surface area contributed by atoms with Crippen LogP contribution in [0.25, 0.3) is 0 Å². The van der Waals surface area contributed by atoms with Crippen LogP contribution in [0.1, 0.15) is 70.3 Å². The molecule has 1 heterocycles. The van der Waals surface area contributed by atoms with Gasteiger partial charge in [-0.15, -0.1) is 0 Å². The van der Waals surface area contributed by atoms with E-state index in [4.69, 9.17) is 0 Å². The molecule has 0 amide bonds. The first-order valence-electron chi connectivity index (χ1n) is 7.49. The largest absolute Gasteiger partial charge is 0.309 e. The molecule has 0 spiro atoms. The van der Waals surface area contributed by atoms with Gasteiger partial charge in [0.05, 0.1) is 11.4 Å². The van der Waals surface area contributed by atoms with Gasteiger partial charge in [0.15, 0.2) is 0 Å². The van der Waals surface area contributed by atoms with Gasteiger partial charge in [-0.1, -0.05) is 40.0 Å². The summed E-state index contributed by atoms with van der Waals surface area (Å²) < 4.78 is 2.05. The number of nitrogens with one attached hydrogen (secondary N) is 1. The minimum Gasteiger partial charge on any atom is -0.309 e. The molecule has 0 bridgehead atoms. The van der Waals surface area contributed by atoms with Crippen LogP contribution >= 0.6 is 0 Å². The first kappa shape index (κ1) is 15.2. The van der Waals surface area contributed by atoms with E-state index in [1.807, 2.05) is 0 Å². The van der Waals surface area contributed by atoms with Crippen molar-refractivity contribution in [2.75, 3.05) is 6.54 Å². The van der Waals surface area contributed by atoms with Gasteiger partial charge in [-0.25, -0.2) is 0 Å². The summed E-state index contributed by atoms with van der Waals surface area (Å²) in [4.78, 5) is 0. The minimum absolute atomic E-state index is 0.467. The van der Waals surface area contributed by atoms with E-state index in [0.29, 0.717) is 6.04 Å². The van der Waals surface area contributed by atoms with Crippen molar-refractivity contribution >= 4 is 0 Å². The van der Waals surface area contributed by atoms with Gasteiger partial charge in [-0.2, -0.15) is 5.10 Å². The van der Waals surface area contributed by atoms with Crippen LogP contribution in [-0.2, 0) is 13.5 Å². The Bertz CT molecular complexity index is 330. The van der Waals surface area contributed by atoms with Crippen molar-refractivity contribution in [2.45, 2.75) is 65.3 Å². The highest BCUT2D eigenvalue weighted by atomic mass is 15.3. The lowest BCUT2D eigenvalue weighted by Crippen LogP contribution is -2.24. The zero-order chi connectivity index (χ0) is 13.4. The Hall–Kier alpha value is -0.830. The summed E-state index contributed by atoms with van der Waals surface area (Å²) >= 11 is 0. The molecule has 1 rings (SSSR count). The standard InChI is InChI=1S/C15H29N3/c1-5-8-9-10-14(16-11-6-2)15-12-13(7-3)17-18(15)4/h12,14,16H,5-11H2,1-4H3. The van der Waals surface area contributed by atoms with Crippen LogP contribution in [0.3, 0.4) is 0 Å². The Morgan fingerprint density at radius 3 is 2.56 bits per heavy atom. The van der Waals surface area contributed by atoms with Gasteiger partial charge in [0.25, 0.3) is 0 Å². The van der Waals surface area contributed by atoms with Gasteiger partial charge in [0.2, 0.25) is 0 Å². The topological polar surface area (TPSA) is 29.9 Å². The van der Waals surface area contributed by atoms with Crippen LogP contribution in [0.2, 0.25) is 0 Å². The molecule has 104 valence electrons. The molecular weight excluding hydrogens is 222 g/mol. The Morgan fingerprint density at radius 1 is 1.22 bits per heavy atom. The molecule has 18 heavy (non-hydrogen) atoms. The minimum atomic E-state index is 0.467. The summed E-state index contributed by atoms with van der Waals surface area (Å²) in [5.41, 5.74) is 2.54. The van der Waals surface area contributed by atoms with Crippen LogP contribution in [0, 0.1) is 0 Å². The van der Waals surface area contributed by atoms with Crippen LogP contribution in [0.4, 0.5) is 0 Å². The van der Waals surface area contributed by atoms with Crippen LogP contribution in [-0.4, -0.2) is 16.3 Å². The number of hydrogen-bond acceptors (Lipinski definition) is 2. The molecule has 1 aromatic heterocycles. The van der Waals surface area contributed by atoms with Crippen molar-refractivity contribution in [1.82, 2.24) is 15.1 Å². The fraction of sp³-hybridized carbons (Fsp3) is 0.800. The molecule has 1 atom stereocenters. The summed E-state index contributed by atoms with van der Waals surface area (Å²) in [6.07, 6.45) is 7.32. The van der Waals surface area contributed by atoms with E-state index in [1.54, 1.807) is 0 Å². The Labute approximate surface area is 112 Å². The van der Waals surface area contributed by atoms with Crippen molar-refractivity contribution < 1.29 is 0 Å². The van der Waals surface area contributed by atoms with Crippen molar-refractivity contribution in [3.8, 4) is 0 Å². The van der Waals surface area contributed by atoms with Gasteiger partial charge in [-0.05, 0) is 31.9 Å². The van der Waals surface area contributed by atoms with Crippen molar-refractivity contribution in [2.24, 2.45) is 7.05 Å². The predicted molar refractivity (Wildman–Crippen MR) is 77.8 cm³/mol. The zero-order valence-electron chi connectivity index (χ0n) is 12.5. The van der Waals surface area contributed by atoms with Gasteiger partial charge < -0.3 is 5.32 Å². The van der Waals surface area contributed by atoms with Gasteiger partial charge in [-0.3, -0.25) is 4.68 Å². The lowest BCUT2D eigenvalue weighted by atomic mass is 10.0. The molecule has 0 aliphatic heterocycles. The average molecular weight is 251 g/mol. The normalized spacial score (nSPS) is 12.9. The fourth-order valence-corrected chi connectivity index (χ4v) is 2.31. The summed E-state index contributed by atoms with van der Waals surface area (Å²) in [7, 11) is 2.06. The molecule has 3 nitrogen and oxygen atoms in total. The van der Waals surface area contributed by atoms with Crippen molar-refractivity contribution in [3.63, 3.8) is 0 Å². The van der Waals surface area contributed by atoms with E-state index in [0.717, 1.165) is 13.0 Å². The molecule has 0 radical (unpaired) electrons. The van der Waals surface area contributed by atoms with Crippen LogP contribution < -0.4 is 5.32 Å². The molecule has 0 aliphatic carbocycles. The first-order chi connectivity index (χ1) is 8.72. The molecule has 0 saturated heterocycles. The lowest BCUT2D eigenvalue weighted by molar-refractivity contribution is 0.448. The van der Waals surface area contributed by atoms with E-state index in [-0.39, 0.29) is 0 Å². The zero-order valence-corrected chi connectivity index (χ0v) is 12.5. The fourth-order valence-electron chi connectivity index (χ4n) is 2.31. The van der Waals surface area contributed by atoms with E-state index in [2.05, 4.69) is 49.0 Å². The van der Waals surface area contributed by atoms with E-state index in [1.165, 1.54) is 43.5 Å². The number of aryl methyl sites for hydroxylation is 2. The molecule has 0 aromatic carbocycles. The highest BCUT2D eigenvalue weighted by molar-refractivity contribution is 5.14. The maximum atomic E-state index is 4.56. The average Bonchev–Trinajstić information content (AvgIpc) is 2.75. The number of aromatic nitrogens is 2. The number of nitrogens with zero attached hydrogens (tertiary/aromatic N) is 2. The second-order valence-electron chi connectivity index (χ2n) is 5.04. The predicted octanol–water partition coefficient (Wildman–Crippen LogP) is 3.60. The third-order valence-electron chi connectivity index (χ3n) is 3.42. The first-order valence-corrected chi connectivity index (χ1v) is 7.49. The SMILES string of the molecule is CCCCCC(NCCC)c1cc(CC)nn1C. The Kier molecular flexibility index (Phi) is 7.02. The lowest BCUT2D eigenvalue weighted by Gasteiger charge is -2.18. The summed E-state index contributed by atoms with van der Waals surface area (Å²) in [5, 5.41) is 8.23. The van der Waals surface area contributed by atoms with E-state index < -0.39 is 0 Å². The molecule has 1 N–H and O–H groups in total. The second kappa shape index (κ2) is 8.30. The smallest absolute Gasteiger partial charge is 0.0625 e. The maximum absolute atomic E-state index is 4.56. The molecule has 0 aliphatic rings. The summed E-state index contributed by atoms with van der Waals surface area (Å²) in [6.45, 7) is 7.73. The van der Waals surface area contributed by atoms with Gasteiger partial charge in [0.1, 0.15) is 0 Å². The highest BCUT2D eigenvalue weighted by Gasteiger charge is 2.15. The van der Waals surface area contributed by atoms with Gasteiger partial charge >= 0.3 is 0 Å². The number of unbranched alkanes of at least 4 members (excludes halogenated alkanes) is 2. The summed E-state index contributed by atoms with van der Waals surface area (Å²) in [5.74, 6) is 0. The molecular formula is C15H29N3. The Balaban J connectivity index is 2.69. The van der Waals surface area contributed by atoms with E-state index >= 15 is 0 Å². The molecule has 1 aromatic rings. The van der Waals surface area contributed by atoms with Crippen LogP contribution in [0.15, 0.2) is 6.07 Å². The quantitative estimate of drug-likeness (QED) is 0.680. The summed E-state index contributed by atoms with van der Waals surface area (Å²) in [6, 6.07) is 2.73. The number of hydrogen-bond donors (Lipinski definition) is 1. The monoisotopic (exact) mass is 251 g/mol. The molecule has 0 saturated carbocycles. The van der Waals surface area contributed by atoms with Crippen LogP contribution in [0.5, 0.6) is 0 Å². The third kappa shape index (κ3) is 4.45. The highest BCUT2D eigenvalue weighted by Crippen LogP contribution is 2.20. The molecule has 0 fully saturated rings. The molecule has 1 unspecified atom stereocenters. The van der Waals surface area contributed by atoms with E-state index in [9.17, 15) is 0 Å².